The van der Waals surface area contributed by atoms with E-state index < -0.39 is 12.1 Å². The highest BCUT2D eigenvalue weighted by Crippen LogP contribution is 2.43. The van der Waals surface area contributed by atoms with Gasteiger partial charge in [0.2, 0.25) is 5.91 Å². The van der Waals surface area contributed by atoms with Gasteiger partial charge < -0.3 is 19.5 Å². The third-order valence-corrected chi connectivity index (χ3v) is 4.58. The molecule has 148 valence electrons. The van der Waals surface area contributed by atoms with Gasteiger partial charge in [-0.1, -0.05) is 6.07 Å². The zero-order chi connectivity index (χ0) is 20.4. The van der Waals surface area contributed by atoms with Crippen LogP contribution in [0.15, 0.2) is 49.1 Å². The van der Waals surface area contributed by atoms with Gasteiger partial charge in [-0.3, -0.25) is 4.79 Å². The summed E-state index contributed by atoms with van der Waals surface area (Å²) < 4.78 is 17.5. The predicted molar refractivity (Wildman–Crippen MR) is 102 cm³/mol. The number of esters is 1. The van der Waals surface area contributed by atoms with Gasteiger partial charge in [0, 0.05) is 11.3 Å². The number of rotatable bonds is 6. The highest BCUT2D eigenvalue weighted by molar-refractivity contribution is 5.99. The van der Waals surface area contributed by atoms with E-state index in [-0.39, 0.29) is 12.3 Å². The second-order valence-electron chi connectivity index (χ2n) is 6.30. The van der Waals surface area contributed by atoms with E-state index in [2.05, 4.69) is 15.4 Å². The van der Waals surface area contributed by atoms with Gasteiger partial charge in [0.15, 0.2) is 11.5 Å². The van der Waals surface area contributed by atoms with Crippen molar-refractivity contribution < 1.29 is 23.8 Å². The van der Waals surface area contributed by atoms with E-state index in [4.69, 9.17) is 14.2 Å². The number of carbonyl (C=O) groups is 2. The normalized spacial score (nSPS) is 14.8. The standard InChI is InChI=1S/C20H18N4O5/c1-27-15-8-7-14-16(29-20(26)18(14)19(15)28-2)9-17(25)23-12-3-5-13(6-4-12)24-11-21-10-22-24/h3-8,10-11,16H,9H2,1-2H3,(H,23,25)/t16-/m0/s1. The minimum absolute atomic E-state index is 0.0148. The van der Waals surface area contributed by atoms with Crippen LogP contribution in [0.5, 0.6) is 11.5 Å². The van der Waals surface area contributed by atoms with Crippen molar-refractivity contribution in [1.82, 2.24) is 14.8 Å². The molecule has 3 aromatic rings. The molecule has 4 rings (SSSR count). The van der Waals surface area contributed by atoms with Crippen LogP contribution in [0, 0.1) is 0 Å². The SMILES string of the molecule is COc1ccc2c(c1OC)C(=O)O[C@H]2CC(=O)Nc1ccc(-n2cncn2)cc1. The molecular formula is C20H18N4O5. The minimum Gasteiger partial charge on any atom is -0.493 e. The number of fused-ring (bicyclic) bond motifs is 1. The summed E-state index contributed by atoms with van der Waals surface area (Å²) in [7, 11) is 2.94. The molecule has 0 saturated carbocycles. The van der Waals surface area contributed by atoms with Crippen molar-refractivity contribution in [2.45, 2.75) is 12.5 Å². The highest BCUT2D eigenvalue weighted by Gasteiger charge is 2.36. The topological polar surface area (TPSA) is 105 Å². The van der Waals surface area contributed by atoms with Crippen LogP contribution in [0.4, 0.5) is 5.69 Å². The number of carbonyl (C=O) groups excluding carboxylic acids is 2. The molecule has 0 bridgehead atoms. The molecule has 29 heavy (non-hydrogen) atoms. The van der Waals surface area contributed by atoms with Gasteiger partial charge in [-0.05, 0) is 30.3 Å². The van der Waals surface area contributed by atoms with Crippen molar-refractivity contribution in [2.75, 3.05) is 19.5 Å². The van der Waals surface area contributed by atoms with Gasteiger partial charge in [0.1, 0.15) is 24.3 Å². The number of nitrogens with one attached hydrogen (secondary N) is 1. The van der Waals surface area contributed by atoms with Crippen molar-refractivity contribution in [1.29, 1.82) is 0 Å². The first kappa shape index (κ1) is 18.5. The molecule has 0 fully saturated rings. The van der Waals surface area contributed by atoms with Crippen molar-refractivity contribution in [3.05, 3.63) is 60.2 Å². The van der Waals surface area contributed by atoms with Crippen molar-refractivity contribution >= 4 is 17.6 Å². The lowest BCUT2D eigenvalue weighted by atomic mass is 10.0. The van der Waals surface area contributed by atoms with Crippen molar-refractivity contribution in [2.24, 2.45) is 0 Å². The Balaban J connectivity index is 1.47. The molecule has 0 unspecified atom stereocenters. The van der Waals surface area contributed by atoms with Crippen LogP contribution < -0.4 is 14.8 Å². The van der Waals surface area contributed by atoms with Gasteiger partial charge >= 0.3 is 5.97 Å². The van der Waals surface area contributed by atoms with E-state index in [0.29, 0.717) is 28.3 Å². The lowest BCUT2D eigenvalue weighted by molar-refractivity contribution is -0.118. The summed E-state index contributed by atoms with van der Waals surface area (Å²) >= 11 is 0. The number of nitrogens with zero attached hydrogens (tertiary/aromatic N) is 3. The van der Waals surface area contributed by atoms with Crippen LogP contribution in [0.25, 0.3) is 5.69 Å². The molecule has 1 aliphatic rings. The largest absolute Gasteiger partial charge is 0.493 e. The Morgan fingerprint density at radius 2 is 1.97 bits per heavy atom. The average Bonchev–Trinajstić information content (AvgIpc) is 3.37. The Kier molecular flexibility index (Phi) is 4.86. The smallest absolute Gasteiger partial charge is 0.343 e. The fraction of sp³-hybridized carbons (Fsp3) is 0.200. The number of hydrogen-bond acceptors (Lipinski definition) is 7. The summed E-state index contributed by atoms with van der Waals surface area (Å²) in [6, 6.07) is 10.5. The molecule has 1 aromatic heterocycles. The van der Waals surface area contributed by atoms with Crippen LogP contribution in [-0.4, -0.2) is 40.9 Å². The summed E-state index contributed by atoms with van der Waals surface area (Å²) in [4.78, 5) is 28.7. The van der Waals surface area contributed by atoms with E-state index in [1.165, 1.54) is 20.5 Å². The van der Waals surface area contributed by atoms with Crippen LogP contribution in [-0.2, 0) is 9.53 Å². The van der Waals surface area contributed by atoms with Gasteiger partial charge in [0.05, 0.1) is 26.3 Å². The fourth-order valence-corrected chi connectivity index (χ4v) is 3.24. The van der Waals surface area contributed by atoms with E-state index in [1.54, 1.807) is 35.3 Å². The number of hydrogen-bond donors (Lipinski definition) is 1. The minimum atomic E-state index is -0.688. The monoisotopic (exact) mass is 394 g/mol. The number of benzene rings is 2. The van der Waals surface area contributed by atoms with Gasteiger partial charge in [-0.2, -0.15) is 5.10 Å². The molecule has 9 nitrogen and oxygen atoms in total. The number of anilines is 1. The molecule has 2 heterocycles. The molecule has 1 aliphatic heterocycles. The number of methoxy groups -OCH3 is 2. The number of cyclic esters (lactones) is 1. The zero-order valence-electron chi connectivity index (χ0n) is 15.8. The van der Waals surface area contributed by atoms with E-state index in [9.17, 15) is 9.59 Å². The van der Waals surface area contributed by atoms with Crippen LogP contribution >= 0.6 is 0 Å². The Morgan fingerprint density at radius 3 is 2.62 bits per heavy atom. The lowest BCUT2D eigenvalue weighted by Gasteiger charge is -2.13. The summed E-state index contributed by atoms with van der Waals surface area (Å²) in [5, 5.41) is 6.86. The summed E-state index contributed by atoms with van der Waals surface area (Å²) in [5.74, 6) is -0.0768. The molecule has 2 aromatic carbocycles. The maximum Gasteiger partial charge on any atom is 0.343 e. The van der Waals surface area contributed by atoms with E-state index in [1.807, 2.05) is 12.1 Å². The first-order chi connectivity index (χ1) is 14.1. The van der Waals surface area contributed by atoms with Crippen LogP contribution in [0.3, 0.4) is 0 Å². The fourth-order valence-electron chi connectivity index (χ4n) is 3.24. The number of amides is 1. The second-order valence-corrected chi connectivity index (χ2v) is 6.30. The molecule has 0 aliphatic carbocycles. The highest BCUT2D eigenvalue weighted by atomic mass is 16.6. The molecule has 9 heteroatoms. The molecule has 0 spiro atoms. The molecule has 0 radical (unpaired) electrons. The summed E-state index contributed by atoms with van der Waals surface area (Å²) in [6.45, 7) is 0. The third kappa shape index (κ3) is 3.49. The Labute approximate surface area is 166 Å². The number of ether oxygens (including phenoxy) is 3. The second kappa shape index (κ2) is 7.63. The van der Waals surface area contributed by atoms with Gasteiger partial charge in [-0.25, -0.2) is 14.5 Å². The Bertz CT molecular complexity index is 1050. The summed E-state index contributed by atoms with van der Waals surface area (Å²) in [6.07, 6.45) is 2.33. The van der Waals surface area contributed by atoms with Gasteiger partial charge in [-0.15, -0.1) is 0 Å². The Morgan fingerprint density at radius 1 is 1.17 bits per heavy atom. The van der Waals surface area contributed by atoms with Gasteiger partial charge in [0.25, 0.3) is 0 Å². The zero-order valence-corrected chi connectivity index (χ0v) is 15.8. The van der Waals surface area contributed by atoms with E-state index in [0.717, 1.165) is 5.69 Å². The maximum absolute atomic E-state index is 12.5. The van der Waals surface area contributed by atoms with Crippen LogP contribution in [0.1, 0.15) is 28.4 Å². The molecule has 1 amide bonds. The third-order valence-electron chi connectivity index (χ3n) is 4.58. The Hall–Kier alpha value is -3.88. The molecule has 0 saturated heterocycles. The summed E-state index contributed by atoms with van der Waals surface area (Å²) in [5.41, 5.74) is 2.34. The predicted octanol–water partition coefficient (Wildman–Crippen LogP) is 2.52. The van der Waals surface area contributed by atoms with E-state index >= 15 is 0 Å². The quantitative estimate of drug-likeness (QED) is 0.641. The van der Waals surface area contributed by atoms with Crippen molar-refractivity contribution in [3.63, 3.8) is 0 Å². The average molecular weight is 394 g/mol. The lowest BCUT2D eigenvalue weighted by Crippen LogP contribution is -2.15. The maximum atomic E-state index is 12.5. The first-order valence-corrected chi connectivity index (χ1v) is 8.81. The number of aromatic nitrogens is 3. The molecule has 1 atom stereocenters. The first-order valence-electron chi connectivity index (χ1n) is 8.81. The molecule has 1 N–H and O–H groups in total. The van der Waals surface area contributed by atoms with Crippen LogP contribution in [0.2, 0.25) is 0 Å². The van der Waals surface area contributed by atoms with Crippen molar-refractivity contribution in [3.8, 4) is 17.2 Å². The molecular weight excluding hydrogens is 376 g/mol.